The van der Waals surface area contributed by atoms with Crippen molar-refractivity contribution in [2.45, 2.75) is 45.1 Å². The molecule has 2 fully saturated rings. The van der Waals surface area contributed by atoms with Gasteiger partial charge < -0.3 is 14.2 Å². The summed E-state index contributed by atoms with van der Waals surface area (Å²) in [7, 11) is 0. The summed E-state index contributed by atoms with van der Waals surface area (Å²) < 4.78 is 16.4. The molecule has 0 radical (unpaired) electrons. The number of nitrogens with zero attached hydrogens (tertiary/aromatic N) is 2. The molecule has 2 aromatic rings. The molecule has 0 spiro atoms. The van der Waals surface area contributed by atoms with E-state index >= 15 is 0 Å². The Bertz CT molecular complexity index is 1060. The van der Waals surface area contributed by atoms with E-state index in [0.29, 0.717) is 17.3 Å². The molecule has 6 nitrogen and oxygen atoms in total. The van der Waals surface area contributed by atoms with Crippen LogP contribution in [0.1, 0.15) is 44.6 Å². The van der Waals surface area contributed by atoms with Crippen molar-refractivity contribution < 1.29 is 19.0 Å². The van der Waals surface area contributed by atoms with Gasteiger partial charge in [-0.25, -0.2) is 4.99 Å². The van der Waals surface area contributed by atoms with Gasteiger partial charge in [-0.15, -0.1) is 0 Å². The number of fused-ring (bicyclic) bond motifs is 1. The monoisotopic (exact) mass is 450 g/mol. The van der Waals surface area contributed by atoms with Gasteiger partial charge in [0.2, 0.25) is 6.79 Å². The van der Waals surface area contributed by atoms with E-state index in [2.05, 4.69) is 0 Å². The largest absolute Gasteiger partial charge is 0.494 e. The fraction of sp³-hybridized carbons (Fsp3) is 0.360. The minimum absolute atomic E-state index is 0.0317. The molecule has 0 atom stereocenters. The van der Waals surface area contributed by atoms with E-state index in [1.54, 1.807) is 0 Å². The third kappa shape index (κ3) is 4.35. The second-order valence-corrected chi connectivity index (χ2v) is 9.02. The predicted octanol–water partition coefficient (Wildman–Crippen LogP) is 5.75. The third-order valence-corrected chi connectivity index (χ3v) is 6.83. The van der Waals surface area contributed by atoms with E-state index in [4.69, 9.17) is 19.2 Å². The molecule has 166 valence electrons. The Morgan fingerprint density at radius 2 is 1.88 bits per heavy atom. The van der Waals surface area contributed by atoms with Crippen molar-refractivity contribution in [1.82, 2.24) is 4.90 Å². The van der Waals surface area contributed by atoms with Gasteiger partial charge in [0, 0.05) is 6.04 Å². The number of hydrogen-bond acceptors (Lipinski definition) is 6. The normalized spacial score (nSPS) is 21.0. The molecule has 2 aromatic carbocycles. The van der Waals surface area contributed by atoms with Gasteiger partial charge in [-0.1, -0.05) is 25.3 Å². The Kier molecular flexibility index (Phi) is 6.08. The summed E-state index contributed by atoms with van der Waals surface area (Å²) in [5, 5.41) is 0.748. The quantitative estimate of drug-likeness (QED) is 0.543. The first kappa shape index (κ1) is 20.9. The maximum absolute atomic E-state index is 13.5. The van der Waals surface area contributed by atoms with Gasteiger partial charge in [-0.2, -0.15) is 0 Å². The number of benzene rings is 2. The van der Waals surface area contributed by atoms with Gasteiger partial charge >= 0.3 is 0 Å². The van der Waals surface area contributed by atoms with Crippen LogP contribution in [0.3, 0.4) is 0 Å². The first-order valence-electron chi connectivity index (χ1n) is 11.2. The molecule has 1 amide bonds. The van der Waals surface area contributed by atoms with Crippen LogP contribution >= 0.6 is 11.8 Å². The van der Waals surface area contributed by atoms with Gasteiger partial charge in [-0.3, -0.25) is 9.69 Å². The fourth-order valence-corrected chi connectivity index (χ4v) is 5.33. The zero-order valence-corrected chi connectivity index (χ0v) is 18.9. The number of ether oxygens (including phenoxy) is 3. The average Bonchev–Trinajstić information content (AvgIpc) is 3.40. The number of hydrogen-bond donors (Lipinski definition) is 0. The van der Waals surface area contributed by atoms with E-state index in [0.717, 1.165) is 53.6 Å². The van der Waals surface area contributed by atoms with E-state index in [-0.39, 0.29) is 18.7 Å². The highest BCUT2D eigenvalue weighted by Crippen LogP contribution is 2.40. The van der Waals surface area contributed by atoms with Gasteiger partial charge in [0.1, 0.15) is 5.75 Å². The molecular formula is C25H26N2O4S. The van der Waals surface area contributed by atoms with Crippen molar-refractivity contribution >= 4 is 34.6 Å². The summed E-state index contributed by atoms with van der Waals surface area (Å²) in [5.41, 5.74) is 1.73. The lowest BCUT2D eigenvalue weighted by molar-refractivity contribution is -0.124. The van der Waals surface area contributed by atoms with Gasteiger partial charge in [0.15, 0.2) is 16.7 Å². The van der Waals surface area contributed by atoms with Crippen LogP contribution in [0, 0.1) is 0 Å². The van der Waals surface area contributed by atoms with E-state index in [1.165, 1.54) is 18.2 Å². The van der Waals surface area contributed by atoms with Crippen molar-refractivity contribution in [1.29, 1.82) is 0 Å². The summed E-state index contributed by atoms with van der Waals surface area (Å²) in [6.07, 6.45) is 7.49. The van der Waals surface area contributed by atoms with Crippen LogP contribution in [-0.2, 0) is 4.79 Å². The molecule has 2 heterocycles. The first-order valence-corrected chi connectivity index (χ1v) is 12.0. The van der Waals surface area contributed by atoms with Crippen molar-refractivity contribution in [3.05, 3.63) is 52.9 Å². The highest BCUT2D eigenvalue weighted by Gasteiger charge is 2.38. The molecule has 3 aliphatic rings. The number of carbonyl (C=O) groups excluding carboxylic acids is 1. The molecule has 1 saturated heterocycles. The maximum Gasteiger partial charge on any atom is 0.267 e. The smallest absolute Gasteiger partial charge is 0.267 e. The summed E-state index contributed by atoms with van der Waals surface area (Å²) in [4.78, 5) is 20.9. The first-order chi connectivity index (χ1) is 15.7. The number of amides is 1. The summed E-state index contributed by atoms with van der Waals surface area (Å²) >= 11 is 1.44. The zero-order valence-electron chi connectivity index (χ0n) is 18.1. The van der Waals surface area contributed by atoms with E-state index in [9.17, 15) is 4.79 Å². The van der Waals surface area contributed by atoms with Crippen LogP contribution in [0.2, 0.25) is 0 Å². The number of thioether (sulfide) groups is 1. The molecular weight excluding hydrogens is 424 g/mol. The third-order valence-electron chi connectivity index (χ3n) is 5.84. The molecule has 0 unspecified atom stereocenters. The molecule has 0 bridgehead atoms. The maximum atomic E-state index is 13.5. The molecule has 5 rings (SSSR count). The van der Waals surface area contributed by atoms with E-state index < -0.39 is 0 Å². The van der Waals surface area contributed by atoms with Crippen molar-refractivity contribution in [3.63, 3.8) is 0 Å². The van der Waals surface area contributed by atoms with Gasteiger partial charge in [0.25, 0.3) is 5.91 Å². The molecule has 0 aromatic heterocycles. The number of rotatable bonds is 5. The number of amidine groups is 1. The summed E-state index contributed by atoms with van der Waals surface area (Å²) in [6.45, 7) is 2.82. The second-order valence-electron chi connectivity index (χ2n) is 8.01. The number of carbonyl (C=O) groups is 1. The minimum atomic E-state index is 0.0317. The van der Waals surface area contributed by atoms with Crippen LogP contribution in [0.4, 0.5) is 5.69 Å². The van der Waals surface area contributed by atoms with Crippen LogP contribution in [-0.4, -0.2) is 35.4 Å². The van der Waals surface area contributed by atoms with Crippen LogP contribution < -0.4 is 14.2 Å². The summed E-state index contributed by atoms with van der Waals surface area (Å²) in [6, 6.07) is 13.6. The standard InChI is InChI=1S/C25H26N2O4S/c1-2-29-20-11-9-18(10-12-20)26-25-27(19-6-4-3-5-7-19)24(28)23(32-25)15-17-8-13-21-22(14-17)31-16-30-21/h8-15,19H,2-7,16H2,1H3/b23-15-,26-25?. The van der Waals surface area contributed by atoms with Crippen LogP contribution in [0.25, 0.3) is 6.08 Å². The average molecular weight is 451 g/mol. The Morgan fingerprint density at radius 1 is 1.09 bits per heavy atom. The minimum Gasteiger partial charge on any atom is -0.494 e. The Hall–Kier alpha value is -2.93. The highest BCUT2D eigenvalue weighted by atomic mass is 32.2. The lowest BCUT2D eigenvalue weighted by Gasteiger charge is -2.30. The molecule has 1 saturated carbocycles. The van der Waals surface area contributed by atoms with Crippen LogP contribution in [0.15, 0.2) is 52.4 Å². The van der Waals surface area contributed by atoms with Gasteiger partial charge in [0.05, 0.1) is 17.2 Å². The fourth-order valence-electron chi connectivity index (χ4n) is 4.27. The number of aliphatic imine (C=N–C) groups is 1. The molecule has 32 heavy (non-hydrogen) atoms. The second kappa shape index (κ2) is 9.28. The van der Waals surface area contributed by atoms with Crippen molar-refractivity contribution in [3.8, 4) is 17.2 Å². The van der Waals surface area contributed by atoms with Crippen molar-refractivity contribution in [2.24, 2.45) is 4.99 Å². The van der Waals surface area contributed by atoms with E-state index in [1.807, 2.05) is 60.4 Å². The molecule has 1 aliphatic carbocycles. The molecule has 7 heteroatoms. The summed E-state index contributed by atoms with van der Waals surface area (Å²) in [5.74, 6) is 2.30. The van der Waals surface area contributed by atoms with Crippen molar-refractivity contribution in [2.75, 3.05) is 13.4 Å². The molecule has 0 N–H and O–H groups in total. The topological polar surface area (TPSA) is 60.4 Å². The lowest BCUT2D eigenvalue weighted by Crippen LogP contribution is -2.40. The molecule has 2 aliphatic heterocycles. The highest BCUT2D eigenvalue weighted by molar-refractivity contribution is 8.18. The zero-order chi connectivity index (χ0) is 21.9. The Labute approximate surface area is 192 Å². The predicted molar refractivity (Wildman–Crippen MR) is 127 cm³/mol. The van der Waals surface area contributed by atoms with Gasteiger partial charge in [-0.05, 0) is 79.6 Å². The SMILES string of the molecule is CCOc1ccc(N=C2S/C(=C\c3ccc4c(c3)OCO4)C(=O)N2C2CCCCC2)cc1. The Balaban J connectivity index is 1.46. The lowest BCUT2D eigenvalue weighted by atomic mass is 9.94. The Morgan fingerprint density at radius 3 is 2.66 bits per heavy atom. The van der Waals surface area contributed by atoms with Crippen LogP contribution in [0.5, 0.6) is 17.2 Å².